The monoisotopic (exact) mass is 284 g/mol. The fraction of sp³-hybridized carbons (Fsp3) is 0.278. The lowest BCUT2D eigenvalue weighted by atomic mass is 10.1. The van der Waals surface area contributed by atoms with Gasteiger partial charge in [0.05, 0.1) is 13.2 Å². The number of benzene rings is 2. The highest BCUT2D eigenvalue weighted by atomic mass is 16.5. The second-order valence-corrected chi connectivity index (χ2v) is 4.66. The second kappa shape index (κ2) is 8.10. The van der Waals surface area contributed by atoms with Gasteiger partial charge in [-0.05, 0) is 36.4 Å². The Bertz CT molecular complexity index is 546. The smallest absolute Gasteiger partial charge is 0.162 e. The number of ether oxygens (including phenoxy) is 2. The summed E-state index contributed by atoms with van der Waals surface area (Å²) in [7, 11) is 0. The van der Waals surface area contributed by atoms with Crippen LogP contribution >= 0.6 is 0 Å². The van der Waals surface area contributed by atoms with Crippen LogP contribution in [-0.4, -0.2) is 19.0 Å². The van der Waals surface area contributed by atoms with Gasteiger partial charge in [0, 0.05) is 18.4 Å². The van der Waals surface area contributed by atoms with E-state index in [-0.39, 0.29) is 5.78 Å². The van der Waals surface area contributed by atoms with Crippen molar-refractivity contribution in [2.75, 3.05) is 13.2 Å². The number of carbonyl (C=O) groups excluding carboxylic acids is 1. The van der Waals surface area contributed by atoms with Crippen LogP contribution in [0.2, 0.25) is 0 Å². The third-order valence-corrected chi connectivity index (χ3v) is 3.07. The zero-order valence-corrected chi connectivity index (χ0v) is 12.2. The molecule has 0 N–H and O–H groups in total. The quantitative estimate of drug-likeness (QED) is 0.540. The number of hydrogen-bond donors (Lipinski definition) is 0. The van der Waals surface area contributed by atoms with Crippen LogP contribution in [-0.2, 0) is 0 Å². The van der Waals surface area contributed by atoms with E-state index in [9.17, 15) is 4.79 Å². The van der Waals surface area contributed by atoms with E-state index in [2.05, 4.69) is 0 Å². The third-order valence-electron chi connectivity index (χ3n) is 3.07. The van der Waals surface area contributed by atoms with Gasteiger partial charge < -0.3 is 9.47 Å². The number of rotatable bonds is 8. The van der Waals surface area contributed by atoms with Crippen molar-refractivity contribution in [3.05, 3.63) is 60.2 Å². The topological polar surface area (TPSA) is 35.5 Å². The fourth-order valence-corrected chi connectivity index (χ4v) is 1.90. The molecule has 0 amide bonds. The minimum atomic E-state index is 0.151. The molecule has 3 nitrogen and oxygen atoms in total. The summed E-state index contributed by atoms with van der Waals surface area (Å²) >= 11 is 0. The lowest BCUT2D eigenvalue weighted by Gasteiger charge is -2.08. The van der Waals surface area contributed by atoms with Crippen LogP contribution in [0.4, 0.5) is 0 Å². The zero-order chi connectivity index (χ0) is 14.9. The molecule has 0 aliphatic heterocycles. The molecule has 0 unspecified atom stereocenters. The van der Waals surface area contributed by atoms with Gasteiger partial charge in [-0.25, -0.2) is 0 Å². The van der Waals surface area contributed by atoms with Gasteiger partial charge in [-0.3, -0.25) is 4.79 Å². The van der Waals surface area contributed by atoms with Crippen LogP contribution in [0.3, 0.4) is 0 Å². The molecule has 2 rings (SSSR count). The molecule has 0 heterocycles. The van der Waals surface area contributed by atoms with E-state index in [4.69, 9.17) is 9.47 Å². The van der Waals surface area contributed by atoms with Crippen molar-refractivity contribution in [3.63, 3.8) is 0 Å². The van der Waals surface area contributed by atoms with Gasteiger partial charge in [0.15, 0.2) is 5.78 Å². The van der Waals surface area contributed by atoms with Crippen molar-refractivity contribution in [2.45, 2.75) is 19.8 Å². The van der Waals surface area contributed by atoms with Crippen LogP contribution in [0.1, 0.15) is 30.1 Å². The SMILES string of the molecule is CCC(=O)c1ccc(OCCCOc2ccccc2)cc1. The maximum atomic E-state index is 11.5. The summed E-state index contributed by atoms with van der Waals surface area (Å²) in [5, 5.41) is 0. The Labute approximate surface area is 125 Å². The van der Waals surface area contributed by atoms with Gasteiger partial charge >= 0.3 is 0 Å². The molecular formula is C18H20O3. The first-order valence-electron chi connectivity index (χ1n) is 7.23. The first kappa shape index (κ1) is 15.1. The summed E-state index contributed by atoms with van der Waals surface area (Å²) < 4.78 is 11.2. The predicted octanol–water partition coefficient (Wildman–Crippen LogP) is 4.13. The zero-order valence-electron chi connectivity index (χ0n) is 12.2. The summed E-state index contributed by atoms with van der Waals surface area (Å²) in [6, 6.07) is 17.0. The van der Waals surface area contributed by atoms with Crippen LogP contribution in [0.25, 0.3) is 0 Å². The molecule has 0 atom stereocenters. The van der Waals surface area contributed by atoms with Crippen LogP contribution in [0, 0.1) is 0 Å². The van der Waals surface area contributed by atoms with Crippen molar-refractivity contribution in [1.29, 1.82) is 0 Å². The molecule has 0 radical (unpaired) electrons. The summed E-state index contributed by atoms with van der Waals surface area (Å²) in [5.74, 6) is 1.81. The predicted molar refractivity (Wildman–Crippen MR) is 83.1 cm³/mol. The average molecular weight is 284 g/mol. The number of carbonyl (C=O) groups is 1. The summed E-state index contributed by atoms with van der Waals surface area (Å²) in [6.07, 6.45) is 1.33. The minimum Gasteiger partial charge on any atom is -0.493 e. The Hall–Kier alpha value is -2.29. The van der Waals surface area contributed by atoms with Crippen molar-refractivity contribution in [1.82, 2.24) is 0 Å². The Morgan fingerprint density at radius 1 is 0.857 bits per heavy atom. The highest BCUT2D eigenvalue weighted by Gasteiger charge is 2.02. The standard InChI is InChI=1S/C18H20O3/c1-2-18(19)15-9-11-17(12-10-15)21-14-6-13-20-16-7-4-3-5-8-16/h3-5,7-12H,2,6,13-14H2,1H3. The molecule has 0 saturated carbocycles. The molecule has 0 aromatic heterocycles. The lowest BCUT2D eigenvalue weighted by molar-refractivity contribution is 0.0988. The number of Topliss-reactive ketones (excluding diaryl/α,β-unsaturated/α-hetero) is 1. The van der Waals surface area contributed by atoms with Crippen LogP contribution < -0.4 is 9.47 Å². The molecule has 0 fully saturated rings. The summed E-state index contributed by atoms with van der Waals surface area (Å²) in [4.78, 5) is 11.5. The molecule has 0 spiro atoms. The molecule has 2 aromatic rings. The van der Waals surface area contributed by atoms with Crippen molar-refractivity contribution >= 4 is 5.78 Å². The maximum Gasteiger partial charge on any atom is 0.162 e. The molecule has 21 heavy (non-hydrogen) atoms. The molecule has 110 valence electrons. The Balaban J connectivity index is 1.68. The molecule has 0 bridgehead atoms. The van der Waals surface area contributed by atoms with Gasteiger partial charge in [0.1, 0.15) is 11.5 Å². The number of para-hydroxylation sites is 1. The van der Waals surface area contributed by atoms with Crippen LogP contribution in [0.15, 0.2) is 54.6 Å². The van der Waals surface area contributed by atoms with E-state index in [1.807, 2.05) is 61.5 Å². The Morgan fingerprint density at radius 2 is 1.43 bits per heavy atom. The van der Waals surface area contributed by atoms with Crippen molar-refractivity contribution in [2.24, 2.45) is 0 Å². The maximum absolute atomic E-state index is 11.5. The molecule has 0 aliphatic carbocycles. The molecule has 0 saturated heterocycles. The van der Waals surface area contributed by atoms with Gasteiger partial charge in [-0.1, -0.05) is 25.1 Å². The molecule has 3 heteroatoms. The Morgan fingerprint density at radius 3 is 2.00 bits per heavy atom. The van der Waals surface area contributed by atoms with E-state index in [0.29, 0.717) is 19.6 Å². The van der Waals surface area contributed by atoms with Crippen molar-refractivity contribution in [3.8, 4) is 11.5 Å². The van der Waals surface area contributed by atoms with E-state index in [0.717, 1.165) is 23.5 Å². The first-order chi connectivity index (χ1) is 10.3. The lowest BCUT2D eigenvalue weighted by Crippen LogP contribution is -2.05. The molecular weight excluding hydrogens is 264 g/mol. The van der Waals surface area contributed by atoms with Gasteiger partial charge in [-0.15, -0.1) is 0 Å². The number of hydrogen-bond acceptors (Lipinski definition) is 3. The average Bonchev–Trinajstić information content (AvgIpc) is 2.55. The van der Waals surface area contributed by atoms with E-state index in [1.54, 1.807) is 0 Å². The highest BCUT2D eigenvalue weighted by molar-refractivity contribution is 5.95. The van der Waals surface area contributed by atoms with E-state index in [1.165, 1.54) is 0 Å². The molecule has 2 aromatic carbocycles. The van der Waals surface area contributed by atoms with Crippen LogP contribution in [0.5, 0.6) is 11.5 Å². The second-order valence-electron chi connectivity index (χ2n) is 4.66. The summed E-state index contributed by atoms with van der Waals surface area (Å²) in [5.41, 5.74) is 0.734. The minimum absolute atomic E-state index is 0.151. The first-order valence-corrected chi connectivity index (χ1v) is 7.23. The number of ketones is 1. The Kier molecular flexibility index (Phi) is 5.83. The normalized spacial score (nSPS) is 10.1. The van der Waals surface area contributed by atoms with E-state index >= 15 is 0 Å². The van der Waals surface area contributed by atoms with E-state index < -0.39 is 0 Å². The van der Waals surface area contributed by atoms with Gasteiger partial charge in [0.25, 0.3) is 0 Å². The largest absolute Gasteiger partial charge is 0.493 e. The molecule has 0 aliphatic rings. The highest BCUT2D eigenvalue weighted by Crippen LogP contribution is 2.14. The summed E-state index contributed by atoms with van der Waals surface area (Å²) in [6.45, 7) is 3.07. The fourth-order valence-electron chi connectivity index (χ4n) is 1.90. The van der Waals surface area contributed by atoms with Gasteiger partial charge in [-0.2, -0.15) is 0 Å². The third kappa shape index (κ3) is 4.95. The van der Waals surface area contributed by atoms with Gasteiger partial charge in [0.2, 0.25) is 0 Å². The van der Waals surface area contributed by atoms with Crippen molar-refractivity contribution < 1.29 is 14.3 Å².